The zero-order chi connectivity index (χ0) is 27.9. The molecule has 5 rings (SSSR count). The molecular weight excluding hydrogens is 514 g/mol. The van der Waals surface area contributed by atoms with Gasteiger partial charge in [-0.05, 0) is 85.5 Å². The maximum atomic E-state index is 13.7. The Hall–Kier alpha value is -3.81. The lowest BCUT2D eigenvalue weighted by Gasteiger charge is -2.38. The van der Waals surface area contributed by atoms with Gasteiger partial charge >= 0.3 is 0 Å². The van der Waals surface area contributed by atoms with E-state index in [2.05, 4.69) is 5.10 Å². The lowest BCUT2D eigenvalue weighted by Crippen LogP contribution is -2.41. The molecule has 1 aliphatic heterocycles. The van der Waals surface area contributed by atoms with E-state index >= 15 is 0 Å². The van der Waals surface area contributed by atoms with Crippen LogP contribution in [0.2, 0.25) is 5.02 Å². The maximum absolute atomic E-state index is 13.7. The molecule has 1 N–H and O–H groups in total. The zero-order valence-electron chi connectivity index (χ0n) is 22.7. The summed E-state index contributed by atoms with van der Waals surface area (Å²) in [5, 5.41) is 16.3. The molecular formula is C31H32ClN3O4. The van der Waals surface area contributed by atoms with E-state index in [9.17, 15) is 9.90 Å². The zero-order valence-corrected chi connectivity index (χ0v) is 23.4. The minimum Gasteiger partial charge on any atom is -0.493 e. The third kappa shape index (κ3) is 5.12. The molecule has 1 aromatic heterocycles. The first-order valence-electron chi connectivity index (χ1n) is 12.9. The van der Waals surface area contributed by atoms with Crippen molar-refractivity contribution in [1.29, 1.82) is 0 Å². The fourth-order valence-electron chi connectivity index (χ4n) is 5.10. The highest BCUT2D eigenvalue weighted by Gasteiger charge is 2.36. The van der Waals surface area contributed by atoms with Crippen LogP contribution in [0.1, 0.15) is 54.8 Å². The molecule has 7 nitrogen and oxygen atoms in total. The number of fused-ring (bicyclic) bond motifs is 1. The van der Waals surface area contributed by atoms with E-state index in [0.29, 0.717) is 33.5 Å². The van der Waals surface area contributed by atoms with E-state index in [1.807, 2.05) is 81.6 Å². The molecule has 1 aliphatic rings. The topological polar surface area (TPSA) is 76.8 Å². The van der Waals surface area contributed by atoms with Gasteiger partial charge in [0.25, 0.3) is 0 Å². The van der Waals surface area contributed by atoms with Gasteiger partial charge in [0.1, 0.15) is 5.60 Å². The number of aliphatic hydroxyl groups is 1. The van der Waals surface area contributed by atoms with E-state index in [-0.39, 0.29) is 18.4 Å². The summed E-state index contributed by atoms with van der Waals surface area (Å²) in [7, 11) is 3.41. The molecule has 0 aliphatic carbocycles. The molecule has 0 radical (unpaired) electrons. The van der Waals surface area contributed by atoms with E-state index in [1.165, 1.54) is 0 Å². The smallest absolute Gasteiger partial charge is 0.232 e. The molecule has 1 unspecified atom stereocenters. The van der Waals surface area contributed by atoms with Crippen molar-refractivity contribution in [1.82, 2.24) is 9.78 Å². The van der Waals surface area contributed by atoms with Crippen LogP contribution in [0.4, 0.5) is 5.69 Å². The van der Waals surface area contributed by atoms with Crippen molar-refractivity contribution < 1.29 is 19.4 Å². The SMILES string of the molecule is COc1cc2c(cc1OC(C)C)[C@H](c1ccc(Cl)cc1)N(c1ccc(C(C)(O)c3ccn(C)n3)cc1)C(=O)C2. The summed E-state index contributed by atoms with van der Waals surface area (Å²) in [4.78, 5) is 15.5. The number of hydrogen-bond acceptors (Lipinski definition) is 5. The predicted molar refractivity (Wildman–Crippen MR) is 152 cm³/mol. The van der Waals surface area contributed by atoms with Crippen LogP contribution in [0.5, 0.6) is 11.5 Å². The highest BCUT2D eigenvalue weighted by atomic mass is 35.5. The Bertz CT molecular complexity index is 1490. The molecule has 0 fully saturated rings. The number of carbonyl (C=O) groups excluding carboxylic acids is 1. The normalized spacial score (nSPS) is 16.7. The van der Waals surface area contributed by atoms with Gasteiger partial charge in [-0.1, -0.05) is 35.9 Å². The third-order valence-corrected chi connectivity index (χ3v) is 7.31. The molecule has 2 atom stereocenters. The Morgan fingerprint density at radius 2 is 1.74 bits per heavy atom. The van der Waals surface area contributed by atoms with Crippen LogP contribution in [0.3, 0.4) is 0 Å². The fraction of sp³-hybridized carbons (Fsp3) is 0.290. The van der Waals surface area contributed by atoms with Crippen molar-refractivity contribution in [3.05, 3.63) is 106 Å². The van der Waals surface area contributed by atoms with Gasteiger partial charge < -0.3 is 19.5 Å². The first kappa shape index (κ1) is 26.8. The Morgan fingerprint density at radius 3 is 2.33 bits per heavy atom. The maximum Gasteiger partial charge on any atom is 0.232 e. The highest BCUT2D eigenvalue weighted by molar-refractivity contribution is 6.30. The molecule has 1 amide bonds. The molecule has 0 saturated heterocycles. The number of rotatable bonds is 7. The number of nitrogens with zero attached hydrogens (tertiary/aromatic N) is 3. The summed E-state index contributed by atoms with van der Waals surface area (Å²) in [6.07, 6.45) is 1.96. The molecule has 8 heteroatoms. The quantitative estimate of drug-likeness (QED) is 0.317. The number of amides is 1. The Balaban J connectivity index is 1.61. The second-order valence-electron chi connectivity index (χ2n) is 10.3. The van der Waals surface area contributed by atoms with Gasteiger partial charge in [0.05, 0.1) is 31.4 Å². The van der Waals surface area contributed by atoms with Crippen molar-refractivity contribution in [2.75, 3.05) is 12.0 Å². The average molecular weight is 546 g/mol. The standard InChI is InChI=1S/C31H32ClN3O4/c1-19(2)39-27-18-25-21(16-26(27)38-5)17-29(36)35(30(25)20-6-10-23(32)11-7-20)24-12-8-22(9-13-24)31(3,37)28-14-15-34(4)33-28/h6-16,18-19,30,37H,17H2,1-5H3/t30-,31?/m0/s1. The number of methoxy groups -OCH3 is 1. The van der Waals surface area contributed by atoms with E-state index in [1.54, 1.807) is 35.9 Å². The van der Waals surface area contributed by atoms with Crippen molar-refractivity contribution >= 4 is 23.2 Å². The van der Waals surface area contributed by atoms with Crippen molar-refractivity contribution in [3.63, 3.8) is 0 Å². The summed E-state index contributed by atoms with van der Waals surface area (Å²) < 4.78 is 13.3. The lowest BCUT2D eigenvalue weighted by atomic mass is 9.86. The van der Waals surface area contributed by atoms with Gasteiger partial charge in [-0.25, -0.2) is 0 Å². The van der Waals surface area contributed by atoms with Crippen LogP contribution in [-0.2, 0) is 23.9 Å². The molecule has 202 valence electrons. The van der Waals surface area contributed by atoms with Gasteiger partial charge in [0.15, 0.2) is 11.5 Å². The van der Waals surface area contributed by atoms with Gasteiger partial charge in [0.2, 0.25) is 5.91 Å². The molecule has 4 aromatic rings. The monoisotopic (exact) mass is 545 g/mol. The van der Waals surface area contributed by atoms with Crippen molar-refractivity contribution in [2.24, 2.45) is 7.05 Å². The summed E-state index contributed by atoms with van der Waals surface area (Å²) in [6.45, 7) is 5.65. The Labute approximate surface area is 233 Å². The van der Waals surface area contributed by atoms with Gasteiger partial charge in [-0.3, -0.25) is 9.48 Å². The third-order valence-electron chi connectivity index (χ3n) is 7.06. The number of halogens is 1. The van der Waals surface area contributed by atoms with Crippen LogP contribution < -0.4 is 14.4 Å². The van der Waals surface area contributed by atoms with Crippen LogP contribution in [0, 0.1) is 0 Å². The van der Waals surface area contributed by atoms with E-state index < -0.39 is 11.6 Å². The summed E-state index contributed by atoms with van der Waals surface area (Å²) in [6, 6.07) is 20.2. The molecule has 0 spiro atoms. The number of ether oxygens (including phenoxy) is 2. The summed E-state index contributed by atoms with van der Waals surface area (Å²) in [5.74, 6) is 1.17. The van der Waals surface area contributed by atoms with Crippen LogP contribution in [0.15, 0.2) is 72.9 Å². The molecule has 0 saturated carbocycles. The van der Waals surface area contributed by atoms with Crippen molar-refractivity contribution in [3.8, 4) is 11.5 Å². The van der Waals surface area contributed by atoms with E-state index in [0.717, 1.165) is 16.7 Å². The second-order valence-corrected chi connectivity index (χ2v) is 10.7. The average Bonchev–Trinajstić information content (AvgIpc) is 3.35. The number of aryl methyl sites for hydroxylation is 1. The highest BCUT2D eigenvalue weighted by Crippen LogP contribution is 2.44. The number of carbonyl (C=O) groups is 1. The largest absolute Gasteiger partial charge is 0.493 e. The van der Waals surface area contributed by atoms with Gasteiger partial charge in [-0.2, -0.15) is 5.10 Å². The van der Waals surface area contributed by atoms with Gasteiger partial charge in [0, 0.05) is 24.0 Å². The van der Waals surface area contributed by atoms with Gasteiger partial charge in [-0.15, -0.1) is 0 Å². The van der Waals surface area contributed by atoms with Crippen LogP contribution >= 0.6 is 11.6 Å². The Kier molecular flexibility index (Phi) is 7.14. The molecule has 39 heavy (non-hydrogen) atoms. The molecule has 0 bridgehead atoms. The van der Waals surface area contributed by atoms with Crippen LogP contribution in [-0.4, -0.2) is 34.0 Å². The number of anilines is 1. The number of benzene rings is 3. The second kappa shape index (κ2) is 10.4. The van der Waals surface area contributed by atoms with Crippen LogP contribution in [0.25, 0.3) is 0 Å². The van der Waals surface area contributed by atoms with E-state index in [4.69, 9.17) is 21.1 Å². The summed E-state index contributed by atoms with van der Waals surface area (Å²) >= 11 is 6.22. The number of aromatic nitrogens is 2. The number of hydrogen-bond donors (Lipinski definition) is 1. The fourth-order valence-corrected chi connectivity index (χ4v) is 5.22. The Morgan fingerprint density at radius 1 is 1.05 bits per heavy atom. The lowest BCUT2D eigenvalue weighted by molar-refractivity contribution is -0.118. The summed E-state index contributed by atoms with van der Waals surface area (Å²) in [5.41, 5.74) is 3.42. The minimum absolute atomic E-state index is 0.0494. The van der Waals surface area contributed by atoms with Crippen molar-refractivity contribution in [2.45, 2.75) is 44.9 Å². The predicted octanol–water partition coefficient (Wildman–Crippen LogP) is 5.80. The first-order chi connectivity index (χ1) is 18.6. The minimum atomic E-state index is -1.28. The first-order valence-corrected chi connectivity index (χ1v) is 13.2. The molecule has 3 aromatic carbocycles. The molecule has 2 heterocycles.